The van der Waals surface area contributed by atoms with Crippen LogP contribution in [0.25, 0.3) is 22.6 Å². The molecule has 0 amide bonds. The molecule has 0 atom stereocenters. The van der Waals surface area contributed by atoms with Gasteiger partial charge in [-0.1, -0.05) is 13.8 Å². The first-order chi connectivity index (χ1) is 11.9. The molecule has 3 aromatic rings. The van der Waals surface area contributed by atoms with E-state index in [1.54, 1.807) is 12.1 Å². The zero-order valence-electron chi connectivity index (χ0n) is 14.2. The van der Waals surface area contributed by atoms with Gasteiger partial charge in [-0.2, -0.15) is 13.2 Å². The van der Waals surface area contributed by atoms with Crippen LogP contribution in [-0.2, 0) is 12.7 Å². The Bertz CT molecular complexity index is 833. The van der Waals surface area contributed by atoms with Gasteiger partial charge in [0.25, 0.3) is 0 Å². The SMILES string of the molecule is CCN(CC)CCn1c(-c2ccco2)nc2cc(C(F)(F)F)ccc21. The average Bonchev–Trinajstić information content (AvgIpc) is 3.21. The number of hydrogen-bond donors (Lipinski definition) is 0. The number of halogens is 3. The minimum absolute atomic E-state index is 0.320. The molecule has 0 fully saturated rings. The molecule has 0 aliphatic carbocycles. The van der Waals surface area contributed by atoms with E-state index in [4.69, 9.17) is 4.42 Å². The molecule has 0 aliphatic rings. The summed E-state index contributed by atoms with van der Waals surface area (Å²) in [6.07, 6.45) is -2.85. The van der Waals surface area contributed by atoms with Crippen molar-refractivity contribution in [2.75, 3.05) is 19.6 Å². The van der Waals surface area contributed by atoms with Gasteiger partial charge in [0, 0.05) is 13.1 Å². The summed E-state index contributed by atoms with van der Waals surface area (Å²) in [5, 5.41) is 0. The van der Waals surface area contributed by atoms with Gasteiger partial charge in [0.2, 0.25) is 0 Å². The third-order valence-corrected chi connectivity index (χ3v) is 4.35. The normalized spacial score (nSPS) is 12.4. The fraction of sp³-hybridized carbons (Fsp3) is 0.389. The Morgan fingerprint density at radius 3 is 2.52 bits per heavy atom. The van der Waals surface area contributed by atoms with Crippen LogP contribution in [0.1, 0.15) is 19.4 Å². The smallest absolute Gasteiger partial charge is 0.416 e. The van der Waals surface area contributed by atoms with Crippen molar-refractivity contribution in [2.45, 2.75) is 26.6 Å². The lowest BCUT2D eigenvalue weighted by atomic mass is 10.2. The fourth-order valence-electron chi connectivity index (χ4n) is 2.91. The van der Waals surface area contributed by atoms with Gasteiger partial charge in [-0.25, -0.2) is 4.98 Å². The van der Waals surface area contributed by atoms with E-state index >= 15 is 0 Å². The van der Waals surface area contributed by atoms with Crippen molar-refractivity contribution in [3.05, 3.63) is 42.2 Å². The van der Waals surface area contributed by atoms with Crippen LogP contribution in [0.4, 0.5) is 13.2 Å². The molecule has 134 valence electrons. The molecule has 0 aliphatic heterocycles. The summed E-state index contributed by atoms with van der Waals surface area (Å²) in [5.74, 6) is 1.09. The second-order valence-corrected chi connectivity index (χ2v) is 5.79. The van der Waals surface area contributed by atoms with Crippen molar-refractivity contribution in [1.82, 2.24) is 14.5 Å². The van der Waals surface area contributed by atoms with E-state index in [9.17, 15) is 13.2 Å². The zero-order valence-corrected chi connectivity index (χ0v) is 14.2. The highest BCUT2D eigenvalue weighted by Crippen LogP contribution is 2.33. The first-order valence-corrected chi connectivity index (χ1v) is 8.27. The number of imidazole rings is 1. The summed E-state index contributed by atoms with van der Waals surface area (Å²) in [6.45, 7) is 7.40. The van der Waals surface area contributed by atoms with Gasteiger partial charge in [-0.3, -0.25) is 0 Å². The van der Waals surface area contributed by atoms with E-state index in [0.717, 1.165) is 31.8 Å². The van der Waals surface area contributed by atoms with Crippen LogP contribution in [0.5, 0.6) is 0 Å². The first kappa shape index (κ1) is 17.5. The molecular weight excluding hydrogens is 331 g/mol. The van der Waals surface area contributed by atoms with Gasteiger partial charge in [-0.05, 0) is 43.4 Å². The predicted octanol–water partition coefficient (Wildman–Crippen LogP) is 4.66. The number of nitrogens with zero attached hydrogens (tertiary/aromatic N) is 3. The Morgan fingerprint density at radius 2 is 1.92 bits per heavy atom. The van der Waals surface area contributed by atoms with Crippen molar-refractivity contribution >= 4 is 11.0 Å². The Labute approximate surface area is 143 Å². The van der Waals surface area contributed by atoms with Gasteiger partial charge in [-0.15, -0.1) is 0 Å². The third kappa shape index (κ3) is 3.56. The molecule has 2 heterocycles. The van der Waals surface area contributed by atoms with E-state index in [1.165, 1.54) is 12.3 Å². The average molecular weight is 351 g/mol. The van der Waals surface area contributed by atoms with Gasteiger partial charge >= 0.3 is 6.18 Å². The minimum atomic E-state index is -4.38. The summed E-state index contributed by atoms with van der Waals surface area (Å²) in [4.78, 5) is 6.66. The van der Waals surface area contributed by atoms with E-state index in [-0.39, 0.29) is 0 Å². The van der Waals surface area contributed by atoms with Crippen molar-refractivity contribution in [2.24, 2.45) is 0 Å². The molecule has 0 saturated heterocycles. The Hall–Kier alpha value is -2.28. The summed E-state index contributed by atoms with van der Waals surface area (Å²) >= 11 is 0. The number of alkyl halides is 3. The number of fused-ring (bicyclic) bond motifs is 1. The van der Waals surface area contributed by atoms with E-state index < -0.39 is 11.7 Å². The molecule has 0 radical (unpaired) electrons. The van der Waals surface area contributed by atoms with Crippen LogP contribution in [0, 0.1) is 0 Å². The van der Waals surface area contributed by atoms with Crippen LogP contribution in [-0.4, -0.2) is 34.1 Å². The van der Waals surface area contributed by atoms with Gasteiger partial charge < -0.3 is 13.9 Å². The molecule has 3 rings (SSSR count). The molecule has 4 nitrogen and oxygen atoms in total. The fourth-order valence-corrected chi connectivity index (χ4v) is 2.91. The number of furan rings is 1. The Balaban J connectivity index is 2.06. The zero-order chi connectivity index (χ0) is 18.0. The second kappa shape index (κ2) is 6.92. The van der Waals surface area contributed by atoms with Crippen LogP contribution in [0.3, 0.4) is 0 Å². The second-order valence-electron chi connectivity index (χ2n) is 5.79. The summed E-state index contributed by atoms with van der Waals surface area (Å²) < 4.78 is 46.3. The molecule has 25 heavy (non-hydrogen) atoms. The molecule has 0 spiro atoms. The standard InChI is InChI=1S/C18H20F3N3O/c1-3-23(4-2)9-10-24-15-8-7-13(18(19,20)21)12-14(15)22-17(24)16-6-5-11-25-16/h5-8,11-12H,3-4,9-10H2,1-2H3. The quantitative estimate of drug-likeness (QED) is 0.648. The van der Waals surface area contributed by atoms with Crippen molar-refractivity contribution in [3.8, 4) is 11.6 Å². The topological polar surface area (TPSA) is 34.2 Å². The molecule has 0 bridgehead atoms. The number of hydrogen-bond acceptors (Lipinski definition) is 3. The van der Waals surface area contributed by atoms with Crippen molar-refractivity contribution < 1.29 is 17.6 Å². The summed E-state index contributed by atoms with van der Waals surface area (Å²) in [5.41, 5.74) is 0.298. The highest BCUT2D eigenvalue weighted by molar-refractivity contribution is 5.80. The summed E-state index contributed by atoms with van der Waals surface area (Å²) in [7, 11) is 0. The number of benzene rings is 1. The predicted molar refractivity (Wildman–Crippen MR) is 90.2 cm³/mol. The van der Waals surface area contributed by atoms with Crippen molar-refractivity contribution in [3.63, 3.8) is 0 Å². The minimum Gasteiger partial charge on any atom is -0.461 e. The molecule has 1 aromatic carbocycles. The Morgan fingerprint density at radius 1 is 1.16 bits per heavy atom. The molecule has 2 aromatic heterocycles. The van der Waals surface area contributed by atoms with E-state index in [2.05, 4.69) is 23.7 Å². The van der Waals surface area contributed by atoms with Crippen molar-refractivity contribution in [1.29, 1.82) is 0 Å². The van der Waals surface area contributed by atoms with E-state index in [1.807, 2.05) is 4.57 Å². The molecule has 7 heteroatoms. The van der Waals surface area contributed by atoms with Crippen LogP contribution >= 0.6 is 0 Å². The molecule has 0 unspecified atom stereocenters. The van der Waals surface area contributed by atoms with Gasteiger partial charge in [0.1, 0.15) is 0 Å². The largest absolute Gasteiger partial charge is 0.461 e. The molecular formula is C18H20F3N3O. The maximum absolute atomic E-state index is 13.0. The van der Waals surface area contributed by atoms with Crippen LogP contribution in [0.15, 0.2) is 41.0 Å². The highest BCUT2D eigenvalue weighted by atomic mass is 19.4. The maximum Gasteiger partial charge on any atom is 0.416 e. The Kier molecular flexibility index (Phi) is 4.85. The maximum atomic E-state index is 13.0. The summed E-state index contributed by atoms with van der Waals surface area (Å²) in [6, 6.07) is 7.18. The highest BCUT2D eigenvalue weighted by Gasteiger charge is 2.31. The number of aromatic nitrogens is 2. The van der Waals surface area contributed by atoms with Crippen LogP contribution in [0.2, 0.25) is 0 Å². The first-order valence-electron chi connectivity index (χ1n) is 8.27. The van der Waals surface area contributed by atoms with E-state index in [0.29, 0.717) is 29.2 Å². The van der Waals surface area contributed by atoms with Crippen LogP contribution < -0.4 is 0 Å². The molecule has 0 saturated carbocycles. The van der Waals surface area contributed by atoms with Gasteiger partial charge in [0.15, 0.2) is 11.6 Å². The third-order valence-electron chi connectivity index (χ3n) is 4.35. The van der Waals surface area contributed by atoms with Gasteiger partial charge in [0.05, 0.1) is 22.9 Å². The molecule has 0 N–H and O–H groups in total. The lowest BCUT2D eigenvalue weighted by molar-refractivity contribution is -0.137. The lowest BCUT2D eigenvalue weighted by Gasteiger charge is -2.19. The number of likely N-dealkylation sites (N-methyl/N-ethyl adjacent to an activating group) is 1. The number of rotatable bonds is 6. The monoisotopic (exact) mass is 351 g/mol. The lowest BCUT2D eigenvalue weighted by Crippen LogP contribution is -2.27.